The Morgan fingerprint density at radius 1 is 0.958 bits per heavy atom. The molecule has 0 saturated carbocycles. The lowest BCUT2D eigenvalue weighted by Crippen LogP contribution is -2.34. The van der Waals surface area contributed by atoms with Gasteiger partial charge in [-0.2, -0.15) is 12.8 Å². The van der Waals surface area contributed by atoms with Gasteiger partial charge in [0.25, 0.3) is 10.0 Å². The molecule has 0 aliphatic carbocycles. The zero-order valence-electron chi connectivity index (χ0n) is 13.3. The van der Waals surface area contributed by atoms with Gasteiger partial charge in [-0.3, -0.25) is 0 Å². The van der Waals surface area contributed by atoms with Crippen molar-refractivity contribution in [3.8, 4) is 0 Å². The quantitative estimate of drug-likeness (QED) is 0.803. The fraction of sp³-hybridized carbons (Fsp3) is 0.316. The SMILES string of the molecule is O=S1(=O)N=C(c2cc3c4c(c2)CCCN4CCC3)c2ccccc21. The molecule has 0 atom stereocenters. The summed E-state index contributed by atoms with van der Waals surface area (Å²) in [4.78, 5) is 2.82. The van der Waals surface area contributed by atoms with Crippen LogP contribution in [-0.4, -0.2) is 27.2 Å². The van der Waals surface area contributed by atoms with Crippen LogP contribution in [0.25, 0.3) is 0 Å². The van der Waals surface area contributed by atoms with Crippen LogP contribution in [0, 0.1) is 0 Å². The predicted molar refractivity (Wildman–Crippen MR) is 94.6 cm³/mol. The van der Waals surface area contributed by atoms with Crippen molar-refractivity contribution >= 4 is 21.4 Å². The van der Waals surface area contributed by atoms with Gasteiger partial charge in [0.1, 0.15) is 0 Å². The highest BCUT2D eigenvalue weighted by Gasteiger charge is 2.31. The molecule has 0 N–H and O–H groups in total. The molecule has 3 aliphatic rings. The summed E-state index contributed by atoms with van der Waals surface area (Å²) in [6, 6.07) is 11.4. The Bertz CT molecular complexity index is 961. The highest BCUT2D eigenvalue weighted by atomic mass is 32.2. The lowest BCUT2D eigenvalue weighted by molar-refractivity contribution is 0.599. The first-order chi connectivity index (χ1) is 11.6. The second-order valence-corrected chi connectivity index (χ2v) is 8.32. The maximum Gasteiger partial charge on any atom is 0.283 e. The Morgan fingerprint density at radius 2 is 1.62 bits per heavy atom. The zero-order valence-corrected chi connectivity index (χ0v) is 14.1. The molecule has 0 unspecified atom stereocenters. The van der Waals surface area contributed by atoms with E-state index in [1.807, 2.05) is 12.1 Å². The van der Waals surface area contributed by atoms with Crippen molar-refractivity contribution in [2.75, 3.05) is 18.0 Å². The third-order valence-corrected chi connectivity index (χ3v) is 6.57. The van der Waals surface area contributed by atoms with E-state index in [0.717, 1.165) is 49.9 Å². The lowest BCUT2D eigenvalue weighted by Gasteiger charge is -2.37. The Labute approximate surface area is 141 Å². The van der Waals surface area contributed by atoms with E-state index in [1.165, 1.54) is 16.8 Å². The Balaban J connectivity index is 1.72. The number of anilines is 1. The molecule has 2 aromatic carbocycles. The van der Waals surface area contributed by atoms with Crippen molar-refractivity contribution in [3.05, 3.63) is 58.7 Å². The molecule has 5 rings (SSSR count). The van der Waals surface area contributed by atoms with Crippen LogP contribution in [0.2, 0.25) is 0 Å². The third-order valence-electron chi connectivity index (χ3n) is 5.24. The number of hydrogen-bond donors (Lipinski definition) is 0. The Morgan fingerprint density at radius 3 is 2.33 bits per heavy atom. The fourth-order valence-corrected chi connectivity index (χ4v) is 5.49. The molecule has 3 aliphatic heterocycles. The molecule has 0 saturated heterocycles. The average molecular weight is 338 g/mol. The van der Waals surface area contributed by atoms with Gasteiger partial charge in [-0.05, 0) is 55.0 Å². The molecule has 0 fully saturated rings. The highest BCUT2D eigenvalue weighted by Crippen LogP contribution is 2.38. The van der Waals surface area contributed by atoms with E-state index in [2.05, 4.69) is 21.4 Å². The standard InChI is InChI=1S/C19H18N2O2S/c22-24(23)17-8-2-1-7-16(17)18(20-24)15-11-13-5-3-9-21-10-4-6-14(12-15)19(13)21/h1-2,7-8,11-12H,3-6,9-10H2. The van der Waals surface area contributed by atoms with Crippen molar-refractivity contribution in [1.29, 1.82) is 0 Å². The molecule has 5 heteroatoms. The topological polar surface area (TPSA) is 49.7 Å². The van der Waals surface area contributed by atoms with Crippen molar-refractivity contribution in [2.24, 2.45) is 4.40 Å². The van der Waals surface area contributed by atoms with Gasteiger partial charge in [0.2, 0.25) is 0 Å². The number of fused-ring (bicyclic) bond motifs is 1. The minimum absolute atomic E-state index is 0.327. The summed E-state index contributed by atoms with van der Waals surface area (Å²) in [5.74, 6) is 0. The zero-order chi connectivity index (χ0) is 16.3. The van der Waals surface area contributed by atoms with E-state index in [0.29, 0.717) is 10.6 Å². The van der Waals surface area contributed by atoms with Gasteiger partial charge in [0.05, 0.1) is 10.6 Å². The van der Waals surface area contributed by atoms with Crippen LogP contribution in [0.15, 0.2) is 45.7 Å². The minimum atomic E-state index is -3.56. The minimum Gasteiger partial charge on any atom is -0.371 e. The lowest BCUT2D eigenvalue weighted by atomic mass is 9.88. The van der Waals surface area contributed by atoms with Gasteiger partial charge >= 0.3 is 0 Å². The van der Waals surface area contributed by atoms with Crippen LogP contribution in [0.3, 0.4) is 0 Å². The van der Waals surface area contributed by atoms with Gasteiger partial charge in [-0.25, -0.2) is 0 Å². The molecule has 24 heavy (non-hydrogen) atoms. The molecule has 3 heterocycles. The summed E-state index contributed by atoms with van der Waals surface area (Å²) in [5, 5.41) is 0. The first-order valence-electron chi connectivity index (χ1n) is 8.49. The largest absolute Gasteiger partial charge is 0.371 e. The molecule has 2 aromatic rings. The highest BCUT2D eigenvalue weighted by molar-refractivity contribution is 7.90. The first-order valence-corrected chi connectivity index (χ1v) is 9.93. The molecule has 0 radical (unpaired) electrons. The van der Waals surface area contributed by atoms with Crippen molar-refractivity contribution in [2.45, 2.75) is 30.6 Å². The summed E-state index contributed by atoms with van der Waals surface area (Å²) < 4.78 is 28.8. The predicted octanol–water partition coefficient (Wildman–Crippen LogP) is 2.93. The van der Waals surface area contributed by atoms with E-state index in [1.54, 1.807) is 12.1 Å². The summed E-state index contributed by atoms with van der Waals surface area (Å²) in [6.45, 7) is 2.27. The van der Waals surface area contributed by atoms with Crippen LogP contribution in [0.1, 0.15) is 35.1 Å². The van der Waals surface area contributed by atoms with Gasteiger partial charge < -0.3 is 4.90 Å². The Hall–Kier alpha value is -2.14. The Kier molecular flexibility index (Phi) is 2.92. The van der Waals surface area contributed by atoms with Crippen LogP contribution >= 0.6 is 0 Å². The van der Waals surface area contributed by atoms with E-state index in [9.17, 15) is 8.42 Å². The van der Waals surface area contributed by atoms with Crippen molar-refractivity contribution in [3.63, 3.8) is 0 Å². The molecule has 122 valence electrons. The average Bonchev–Trinajstić information content (AvgIpc) is 2.87. The summed E-state index contributed by atoms with van der Waals surface area (Å²) in [6.07, 6.45) is 4.46. The summed E-state index contributed by atoms with van der Waals surface area (Å²) in [5.41, 5.74) is 6.36. The molecule has 0 aromatic heterocycles. The van der Waals surface area contributed by atoms with Crippen LogP contribution in [-0.2, 0) is 22.9 Å². The van der Waals surface area contributed by atoms with Crippen LogP contribution in [0.5, 0.6) is 0 Å². The number of nitrogens with zero attached hydrogens (tertiary/aromatic N) is 2. The second kappa shape index (κ2) is 4.93. The number of rotatable bonds is 1. The van der Waals surface area contributed by atoms with Crippen LogP contribution in [0.4, 0.5) is 5.69 Å². The van der Waals surface area contributed by atoms with Gasteiger partial charge in [0, 0.05) is 29.9 Å². The number of sulfonamides is 1. The summed E-state index contributed by atoms with van der Waals surface area (Å²) >= 11 is 0. The van der Waals surface area contributed by atoms with Crippen LogP contribution < -0.4 is 4.90 Å². The monoisotopic (exact) mass is 338 g/mol. The van der Waals surface area contributed by atoms with Crippen molar-refractivity contribution < 1.29 is 8.42 Å². The first kappa shape index (κ1) is 14.2. The van der Waals surface area contributed by atoms with E-state index < -0.39 is 10.0 Å². The molecule has 4 nitrogen and oxygen atoms in total. The van der Waals surface area contributed by atoms with E-state index in [4.69, 9.17) is 0 Å². The van der Waals surface area contributed by atoms with E-state index >= 15 is 0 Å². The fourth-order valence-electron chi connectivity index (χ4n) is 4.25. The number of aryl methyl sites for hydroxylation is 2. The van der Waals surface area contributed by atoms with Gasteiger partial charge in [0.15, 0.2) is 0 Å². The third kappa shape index (κ3) is 1.97. The molecule has 0 spiro atoms. The molecular formula is C19H18N2O2S. The second-order valence-electron chi connectivity index (χ2n) is 6.75. The normalized spacial score (nSPS) is 20.3. The molecular weight excluding hydrogens is 320 g/mol. The number of hydrogen-bond acceptors (Lipinski definition) is 3. The van der Waals surface area contributed by atoms with E-state index in [-0.39, 0.29) is 0 Å². The number of benzene rings is 2. The van der Waals surface area contributed by atoms with Gasteiger partial charge in [-0.15, -0.1) is 0 Å². The van der Waals surface area contributed by atoms with Gasteiger partial charge in [-0.1, -0.05) is 18.2 Å². The smallest absolute Gasteiger partial charge is 0.283 e. The molecule has 0 bridgehead atoms. The molecule has 0 amide bonds. The maximum atomic E-state index is 12.3. The summed E-state index contributed by atoms with van der Waals surface area (Å²) in [7, 11) is -3.56. The van der Waals surface area contributed by atoms with Crippen molar-refractivity contribution in [1.82, 2.24) is 0 Å². The maximum absolute atomic E-state index is 12.3.